The number of ether oxygens (including phenoxy) is 8. The fourth-order valence-electron chi connectivity index (χ4n) is 15.9. The maximum atomic E-state index is 12.8. The Morgan fingerprint density at radius 2 is 1.24 bits per heavy atom. The summed E-state index contributed by atoms with van der Waals surface area (Å²) in [5.74, 6) is 1.73. The summed E-state index contributed by atoms with van der Waals surface area (Å²) in [6.07, 6.45) is -13.7. The van der Waals surface area contributed by atoms with Crippen molar-refractivity contribution in [2.24, 2.45) is 52.1 Å². The third kappa shape index (κ3) is 13.8. The van der Waals surface area contributed by atoms with E-state index in [1.807, 2.05) is 0 Å². The van der Waals surface area contributed by atoms with E-state index in [2.05, 4.69) is 36.7 Å². The monoisotopic (exact) mass is 1170 g/mol. The van der Waals surface area contributed by atoms with E-state index >= 15 is 0 Å². The number of aliphatic carboxylic acids is 1. The molecule has 0 aromatic carbocycles. The molecule has 4 saturated carbocycles. The molecule has 4 heterocycles. The lowest BCUT2D eigenvalue weighted by Crippen LogP contribution is -2.70. The summed E-state index contributed by atoms with van der Waals surface area (Å²) in [4.78, 5) is 60.3. The van der Waals surface area contributed by atoms with Gasteiger partial charge in [-0.1, -0.05) is 33.6 Å². The van der Waals surface area contributed by atoms with Crippen LogP contribution in [0.3, 0.4) is 0 Å². The number of hydrogen-bond acceptors (Lipinski definition) is 22. The molecular weight excluding hydrogens is 1080 g/mol. The molecule has 4 aliphatic carbocycles. The van der Waals surface area contributed by atoms with Gasteiger partial charge in [-0.15, -0.1) is 0 Å². The molecule has 0 aromatic rings. The van der Waals surface area contributed by atoms with Crippen molar-refractivity contribution in [1.29, 1.82) is 0 Å². The number of fused-ring (bicyclic) bond motifs is 5. The van der Waals surface area contributed by atoms with Crippen LogP contribution in [0.1, 0.15) is 119 Å². The van der Waals surface area contributed by atoms with E-state index in [-0.39, 0.29) is 13.1 Å². The maximum absolute atomic E-state index is 12.8. The van der Waals surface area contributed by atoms with Gasteiger partial charge in [-0.25, -0.2) is 4.79 Å². The Hall–Kier alpha value is -3.13. The number of aldehydes is 1. The summed E-state index contributed by atoms with van der Waals surface area (Å²) in [6.45, 7) is 9.85. The maximum Gasteiger partial charge on any atom is 0.335 e. The van der Waals surface area contributed by atoms with Crippen molar-refractivity contribution >= 4 is 30.0 Å². The van der Waals surface area contributed by atoms with Crippen molar-refractivity contribution in [2.45, 2.75) is 241 Å². The van der Waals surface area contributed by atoms with Gasteiger partial charge in [0, 0.05) is 40.5 Å². The van der Waals surface area contributed by atoms with Gasteiger partial charge in [-0.05, 0) is 111 Å². The summed E-state index contributed by atoms with van der Waals surface area (Å²) >= 11 is 0. The topological polar surface area (TPSA) is 403 Å². The second-order valence-electron chi connectivity index (χ2n) is 24.8. The van der Waals surface area contributed by atoms with E-state index in [0.717, 1.165) is 68.7 Å². The Kier molecular flexibility index (Phi) is 23.1. The van der Waals surface area contributed by atoms with Gasteiger partial charge >= 0.3 is 5.97 Å². The summed E-state index contributed by atoms with van der Waals surface area (Å²) in [5.41, 5.74) is 6.68. The zero-order valence-corrected chi connectivity index (χ0v) is 48.3. The number of carbonyl (C=O) groups is 5. The van der Waals surface area contributed by atoms with Crippen molar-refractivity contribution < 1.29 is 108 Å². The van der Waals surface area contributed by atoms with Crippen LogP contribution in [-0.4, -0.2) is 232 Å². The molecule has 8 fully saturated rings. The number of carboxylic acid groups (broad SMARTS) is 1. The predicted octanol–water partition coefficient (Wildman–Crippen LogP) is -1.91. The Morgan fingerprint density at radius 1 is 0.671 bits per heavy atom. The molecule has 14 N–H and O–H groups in total. The third-order valence-electron chi connectivity index (χ3n) is 20.0. The number of nitrogens with one attached hydrogen (secondary N) is 3. The van der Waals surface area contributed by atoms with Crippen LogP contribution in [0, 0.1) is 46.3 Å². The predicted molar refractivity (Wildman–Crippen MR) is 285 cm³/mol. The van der Waals surface area contributed by atoms with Gasteiger partial charge in [0.05, 0.1) is 25.4 Å². The molecule has 15 unspecified atom stereocenters. The van der Waals surface area contributed by atoms with E-state index in [9.17, 15) is 69.9 Å². The molecule has 82 heavy (non-hydrogen) atoms. The number of hydrogen-bond donors (Lipinski definition) is 13. The molecule has 470 valence electrons. The largest absolute Gasteiger partial charge is 0.479 e. The number of amides is 3. The average molecular weight is 1180 g/mol. The molecule has 3 amide bonds. The minimum Gasteiger partial charge on any atom is -0.479 e. The Morgan fingerprint density at radius 3 is 1.83 bits per heavy atom. The average Bonchev–Trinajstić information content (AvgIpc) is 1.94. The fourth-order valence-corrected chi connectivity index (χ4v) is 15.9. The number of methoxy groups -OCH3 is 1. The zero-order valence-electron chi connectivity index (χ0n) is 48.3. The van der Waals surface area contributed by atoms with E-state index < -0.39 is 159 Å². The van der Waals surface area contributed by atoms with Crippen LogP contribution in [0.15, 0.2) is 0 Å². The van der Waals surface area contributed by atoms with Crippen LogP contribution in [0.4, 0.5) is 0 Å². The number of carboxylic acids is 1. The molecule has 0 spiro atoms. The van der Waals surface area contributed by atoms with Gasteiger partial charge in [0.15, 0.2) is 31.1 Å². The van der Waals surface area contributed by atoms with Crippen LogP contribution in [0.2, 0.25) is 0 Å². The van der Waals surface area contributed by atoms with Gasteiger partial charge in [0.2, 0.25) is 11.8 Å². The molecule has 4 saturated heterocycles. The van der Waals surface area contributed by atoms with Crippen molar-refractivity contribution in [2.75, 3.05) is 33.4 Å². The Labute approximate surface area is 479 Å². The van der Waals surface area contributed by atoms with Crippen LogP contribution in [-0.2, 0) is 61.9 Å². The zero-order chi connectivity index (χ0) is 60.1. The van der Waals surface area contributed by atoms with Crippen molar-refractivity contribution in [1.82, 2.24) is 16.0 Å². The van der Waals surface area contributed by atoms with Crippen LogP contribution >= 0.6 is 0 Å². The fraction of sp³-hybridized carbons (Fsp3) is 0.911. The number of nitrogens with two attached hydrogens (primary N) is 1. The van der Waals surface area contributed by atoms with Crippen molar-refractivity contribution in [3.63, 3.8) is 0 Å². The summed E-state index contributed by atoms with van der Waals surface area (Å²) in [7, 11) is 1.15. The molecule has 0 radical (unpaired) electrons. The summed E-state index contributed by atoms with van der Waals surface area (Å²) < 4.78 is 45.0. The normalized spacial score (nSPS) is 45.8. The highest BCUT2D eigenvalue weighted by atomic mass is 16.8. The lowest BCUT2D eigenvalue weighted by molar-refractivity contribution is -0.368. The van der Waals surface area contributed by atoms with Crippen LogP contribution in [0.5, 0.6) is 0 Å². The quantitative estimate of drug-likeness (QED) is 0.0628. The molecule has 8 rings (SSSR count). The molecule has 28 atom stereocenters. The van der Waals surface area contributed by atoms with Gasteiger partial charge in [0.25, 0.3) is 5.91 Å². The van der Waals surface area contributed by atoms with Crippen LogP contribution in [0.25, 0.3) is 0 Å². The SMILES string of the molecule is CO[C@@H]1C(C(=O)NCCN)O[C@@H](O[C@@H]2C(CO)O[C@@H](O[C@@H]3C(C(=O)O)O[C@@H](O[C@@H]4C(CO)O[C@@H](C)C(NC(C)=O)[C@H]4O)C(O)[C@H]3O)C(NC(C)=O)[C@H]2O)C(O)[C@H]1O.C[C@H](CCC=O)C1CCC2C3CCC4CCCCC4(C)C3CCC21C. The molecular formula is C56H94N4O22. The Balaban J connectivity index is 0.000000318. The number of aliphatic hydroxyl groups excluding tert-OH is 8. The van der Waals surface area contributed by atoms with Gasteiger partial charge in [-0.3, -0.25) is 14.4 Å². The molecule has 26 nitrogen and oxygen atoms in total. The second-order valence-corrected chi connectivity index (χ2v) is 24.8. The van der Waals surface area contributed by atoms with Crippen molar-refractivity contribution in [3.8, 4) is 0 Å². The van der Waals surface area contributed by atoms with Gasteiger partial charge in [-0.2, -0.15) is 0 Å². The first kappa shape index (κ1) is 66.4. The smallest absolute Gasteiger partial charge is 0.335 e. The molecule has 0 bridgehead atoms. The summed E-state index contributed by atoms with van der Waals surface area (Å²) in [5, 5.41) is 104. The first-order chi connectivity index (χ1) is 38.9. The van der Waals surface area contributed by atoms with E-state index in [1.54, 1.807) is 0 Å². The first-order valence-electron chi connectivity index (χ1n) is 29.5. The Bertz CT molecular complexity index is 2140. The summed E-state index contributed by atoms with van der Waals surface area (Å²) in [6, 6.07) is -2.79. The highest BCUT2D eigenvalue weighted by Crippen LogP contribution is 2.68. The first-order valence-corrected chi connectivity index (χ1v) is 29.5. The highest BCUT2D eigenvalue weighted by Gasteiger charge is 2.61. The lowest BCUT2D eigenvalue weighted by Gasteiger charge is -2.61. The molecule has 26 heteroatoms. The second kappa shape index (κ2) is 28.6. The number of aliphatic hydroxyl groups is 8. The third-order valence-corrected chi connectivity index (χ3v) is 20.0. The van der Waals surface area contributed by atoms with Gasteiger partial charge < -0.3 is 110 Å². The number of rotatable bonds is 19. The molecule has 0 aromatic heterocycles. The highest BCUT2D eigenvalue weighted by molar-refractivity contribution is 5.81. The number of carbonyl (C=O) groups excluding carboxylic acids is 4. The minimum absolute atomic E-state index is 0.0114. The van der Waals surface area contributed by atoms with E-state index in [4.69, 9.17) is 43.6 Å². The van der Waals surface area contributed by atoms with E-state index in [0.29, 0.717) is 10.8 Å². The van der Waals surface area contributed by atoms with E-state index in [1.165, 1.54) is 78.1 Å². The van der Waals surface area contributed by atoms with Gasteiger partial charge in [0.1, 0.15) is 85.6 Å². The van der Waals surface area contributed by atoms with Crippen molar-refractivity contribution in [3.05, 3.63) is 0 Å². The standard InChI is InChI=1S/C32H54N4O21.C24H40O/c1-9-14(35-10(2)39)16(41)22(12(7-37)51-9)53-32-21(46)19(44)25(27(57-32)29(48)49)55-30-15(36-11(3)40)17(42)23(13(8-38)52-30)54-31-20(45)18(43)24(50-4)26(56-31)28(47)34-6-5-33;1-17(7-6-16-25)20-11-12-21-19-10-9-18-8-4-5-14-23(18,2)22(19)13-15-24(20,21)3/h9,12-27,30-32,37-38,41-46H,5-8,33H2,1-4H3,(H,34,47)(H,35,39)(H,36,40)(H,48,49);16-22H,4-15H2,1-3H3/t9-,12?,13?,14?,15?,16+,17+,18+,19+,20?,21?,22+,23+,24-,25-,26?,27?,30-,31+,32+;17-,18?,19?,20?,21?,22?,23?,24?/m01/s1. The molecule has 8 aliphatic rings. The molecule has 4 aliphatic heterocycles. The lowest BCUT2D eigenvalue weighted by atomic mass is 9.44. The van der Waals surface area contributed by atoms with Crippen LogP contribution < -0.4 is 21.7 Å². The minimum atomic E-state index is -2.20.